The quantitative estimate of drug-likeness (QED) is 0.448. The van der Waals surface area contributed by atoms with E-state index in [0.717, 1.165) is 37.0 Å². The molecule has 0 aromatic heterocycles. The van der Waals surface area contributed by atoms with Crippen molar-refractivity contribution in [1.82, 2.24) is 10.6 Å². The number of hydrogen-bond donors (Lipinski definition) is 2. The molecule has 2 N–H and O–H groups in total. The van der Waals surface area contributed by atoms with Crippen molar-refractivity contribution >= 4 is 35.0 Å². The summed E-state index contributed by atoms with van der Waals surface area (Å²) in [6.45, 7) is 3.00. The molecule has 6 heteroatoms. The van der Waals surface area contributed by atoms with Crippen LogP contribution in [-0.4, -0.2) is 50.7 Å². The van der Waals surface area contributed by atoms with Crippen LogP contribution in [0.3, 0.4) is 0 Å². The number of nitrogens with one attached hydrogen (secondary N) is 2. The summed E-state index contributed by atoms with van der Waals surface area (Å²) < 4.78 is 0. The summed E-state index contributed by atoms with van der Waals surface area (Å²) >= 11 is 7.99. The van der Waals surface area contributed by atoms with Gasteiger partial charge in [0.15, 0.2) is 5.96 Å². The number of halogens is 1. The van der Waals surface area contributed by atoms with Crippen molar-refractivity contribution < 1.29 is 0 Å². The highest BCUT2D eigenvalue weighted by Crippen LogP contribution is 2.23. The van der Waals surface area contributed by atoms with Gasteiger partial charge in [-0.05, 0) is 49.5 Å². The molecule has 0 saturated carbocycles. The summed E-state index contributed by atoms with van der Waals surface area (Å²) in [5, 5.41) is 7.73. The molecule has 0 bridgehead atoms. The maximum atomic E-state index is 6.09. The number of nitrogens with zero attached hydrogens (tertiary/aromatic N) is 2. The lowest BCUT2D eigenvalue weighted by atomic mass is 10.2. The summed E-state index contributed by atoms with van der Waals surface area (Å²) in [6.07, 6.45) is 5.69. The van der Waals surface area contributed by atoms with E-state index < -0.39 is 0 Å². The summed E-state index contributed by atoms with van der Waals surface area (Å²) in [7, 11) is 1.83. The van der Waals surface area contributed by atoms with Gasteiger partial charge < -0.3 is 15.5 Å². The molecule has 0 aliphatic carbocycles. The Bertz CT molecular complexity index is 509. The van der Waals surface area contributed by atoms with Gasteiger partial charge in [-0.1, -0.05) is 17.7 Å². The molecule has 1 fully saturated rings. The predicted molar refractivity (Wildman–Crippen MR) is 104 cm³/mol. The molecule has 0 spiro atoms. The van der Waals surface area contributed by atoms with Crippen LogP contribution in [0, 0.1) is 0 Å². The molecule has 4 nitrogen and oxygen atoms in total. The maximum Gasteiger partial charge on any atom is 0.191 e. The van der Waals surface area contributed by atoms with Gasteiger partial charge in [-0.25, -0.2) is 0 Å². The van der Waals surface area contributed by atoms with Gasteiger partial charge in [0, 0.05) is 43.4 Å². The average molecular weight is 355 g/mol. The highest BCUT2D eigenvalue weighted by molar-refractivity contribution is 7.98. The molecular formula is C17H27ClN4S. The zero-order valence-electron chi connectivity index (χ0n) is 14.0. The third kappa shape index (κ3) is 6.15. The second kappa shape index (κ2) is 9.93. The van der Waals surface area contributed by atoms with E-state index in [2.05, 4.69) is 32.8 Å². The smallest absolute Gasteiger partial charge is 0.191 e. The minimum absolute atomic E-state index is 0.423. The molecule has 1 aromatic rings. The second-order valence-corrected chi connectivity index (χ2v) is 7.18. The molecule has 1 aliphatic heterocycles. The van der Waals surface area contributed by atoms with E-state index in [-0.39, 0.29) is 0 Å². The number of unbranched alkanes of at least 4 members (excludes halogenated alkanes) is 1. The molecule has 1 atom stereocenters. The molecule has 1 saturated heterocycles. The van der Waals surface area contributed by atoms with Crippen LogP contribution in [0.5, 0.6) is 0 Å². The van der Waals surface area contributed by atoms with Gasteiger partial charge in [0.1, 0.15) is 0 Å². The Morgan fingerprint density at radius 2 is 2.30 bits per heavy atom. The first-order valence-corrected chi connectivity index (χ1v) is 9.96. The van der Waals surface area contributed by atoms with Gasteiger partial charge in [-0.2, -0.15) is 11.8 Å². The average Bonchev–Trinajstić information content (AvgIpc) is 3.02. The molecule has 1 heterocycles. The lowest BCUT2D eigenvalue weighted by Gasteiger charge is -2.20. The Kier molecular flexibility index (Phi) is 7.89. The molecule has 23 heavy (non-hydrogen) atoms. The molecule has 2 rings (SSSR count). The topological polar surface area (TPSA) is 39.7 Å². The number of anilines is 1. The zero-order valence-corrected chi connectivity index (χ0v) is 15.6. The van der Waals surface area contributed by atoms with Gasteiger partial charge in [0.2, 0.25) is 0 Å². The number of rotatable bonds is 7. The van der Waals surface area contributed by atoms with Crippen molar-refractivity contribution in [3.63, 3.8) is 0 Å². The van der Waals surface area contributed by atoms with Gasteiger partial charge in [0.05, 0.1) is 0 Å². The van der Waals surface area contributed by atoms with Crippen molar-refractivity contribution in [2.75, 3.05) is 43.6 Å². The number of guanidine groups is 1. The first-order chi connectivity index (χ1) is 11.2. The second-order valence-electron chi connectivity index (χ2n) is 5.75. The van der Waals surface area contributed by atoms with Crippen LogP contribution < -0.4 is 15.5 Å². The van der Waals surface area contributed by atoms with Crippen molar-refractivity contribution in [1.29, 1.82) is 0 Å². The third-order valence-electron chi connectivity index (χ3n) is 3.99. The normalized spacial score (nSPS) is 18.3. The molecule has 1 unspecified atom stereocenters. The minimum Gasteiger partial charge on any atom is -0.369 e. The van der Waals surface area contributed by atoms with E-state index in [1.54, 1.807) is 0 Å². The van der Waals surface area contributed by atoms with Crippen LogP contribution >= 0.6 is 23.4 Å². The van der Waals surface area contributed by atoms with Crippen LogP contribution in [0.4, 0.5) is 5.69 Å². The SMILES string of the molecule is CN=C(NCCCCSC)NC1CCN(c2cccc(Cl)c2)C1. The molecule has 0 radical (unpaired) electrons. The van der Waals surface area contributed by atoms with Crippen molar-refractivity contribution in [3.05, 3.63) is 29.3 Å². The first-order valence-electron chi connectivity index (χ1n) is 8.19. The number of benzene rings is 1. The summed E-state index contributed by atoms with van der Waals surface area (Å²) in [4.78, 5) is 6.70. The monoisotopic (exact) mass is 354 g/mol. The number of hydrogen-bond acceptors (Lipinski definition) is 3. The Morgan fingerprint density at radius 3 is 3.04 bits per heavy atom. The van der Waals surface area contributed by atoms with Crippen LogP contribution in [0.15, 0.2) is 29.3 Å². The van der Waals surface area contributed by atoms with Crippen LogP contribution in [-0.2, 0) is 0 Å². The Labute approximate surface area is 149 Å². The number of thioether (sulfide) groups is 1. The van der Waals surface area contributed by atoms with E-state index in [0.29, 0.717) is 6.04 Å². The van der Waals surface area contributed by atoms with E-state index in [9.17, 15) is 0 Å². The van der Waals surface area contributed by atoms with E-state index >= 15 is 0 Å². The molecule has 0 amide bonds. The van der Waals surface area contributed by atoms with Crippen LogP contribution in [0.1, 0.15) is 19.3 Å². The van der Waals surface area contributed by atoms with E-state index in [4.69, 9.17) is 11.6 Å². The van der Waals surface area contributed by atoms with Crippen LogP contribution in [0.25, 0.3) is 0 Å². The van der Waals surface area contributed by atoms with Crippen molar-refractivity contribution in [2.45, 2.75) is 25.3 Å². The van der Waals surface area contributed by atoms with Crippen molar-refractivity contribution in [3.8, 4) is 0 Å². The molecule has 1 aliphatic rings. The fourth-order valence-electron chi connectivity index (χ4n) is 2.75. The van der Waals surface area contributed by atoms with Gasteiger partial charge in [0.25, 0.3) is 0 Å². The van der Waals surface area contributed by atoms with E-state index in [1.165, 1.54) is 24.3 Å². The fourth-order valence-corrected chi connectivity index (χ4v) is 3.43. The summed E-state index contributed by atoms with van der Waals surface area (Å²) in [5.74, 6) is 2.14. The third-order valence-corrected chi connectivity index (χ3v) is 4.93. The Balaban J connectivity index is 1.75. The summed E-state index contributed by atoms with van der Waals surface area (Å²) in [5.41, 5.74) is 1.20. The van der Waals surface area contributed by atoms with Gasteiger partial charge >= 0.3 is 0 Å². The van der Waals surface area contributed by atoms with Gasteiger partial charge in [-0.15, -0.1) is 0 Å². The lowest BCUT2D eigenvalue weighted by molar-refractivity contribution is 0.642. The highest BCUT2D eigenvalue weighted by atomic mass is 35.5. The Hall–Kier alpha value is -1.07. The zero-order chi connectivity index (χ0) is 16.5. The first kappa shape index (κ1) is 18.3. The standard InChI is InChI=1S/C17H27ClN4S/c1-19-17(20-9-3-4-11-23-2)21-15-8-10-22(13-15)16-7-5-6-14(18)12-16/h5-7,12,15H,3-4,8-11,13H2,1-2H3,(H2,19,20,21). The molecule has 128 valence electrons. The molecular weight excluding hydrogens is 328 g/mol. The fraction of sp³-hybridized carbons (Fsp3) is 0.588. The van der Waals surface area contributed by atoms with Gasteiger partial charge in [-0.3, -0.25) is 4.99 Å². The lowest BCUT2D eigenvalue weighted by Crippen LogP contribution is -2.44. The Morgan fingerprint density at radius 1 is 1.43 bits per heavy atom. The van der Waals surface area contributed by atoms with Crippen molar-refractivity contribution in [2.24, 2.45) is 4.99 Å². The minimum atomic E-state index is 0.423. The number of aliphatic imine (C=N–C) groups is 1. The highest BCUT2D eigenvalue weighted by Gasteiger charge is 2.23. The van der Waals surface area contributed by atoms with Crippen LogP contribution in [0.2, 0.25) is 5.02 Å². The molecule has 1 aromatic carbocycles. The summed E-state index contributed by atoms with van der Waals surface area (Å²) in [6, 6.07) is 8.49. The van der Waals surface area contributed by atoms with E-state index in [1.807, 2.05) is 37.0 Å². The maximum absolute atomic E-state index is 6.09. The predicted octanol–water partition coefficient (Wildman–Crippen LogP) is 3.23. The largest absolute Gasteiger partial charge is 0.369 e.